The van der Waals surface area contributed by atoms with Gasteiger partial charge in [-0.15, -0.1) is 0 Å². The summed E-state index contributed by atoms with van der Waals surface area (Å²) in [5.41, 5.74) is 1.57. The number of aromatic nitrogens is 1. The summed E-state index contributed by atoms with van der Waals surface area (Å²) >= 11 is 0. The summed E-state index contributed by atoms with van der Waals surface area (Å²) in [6.07, 6.45) is 1.68. The number of rotatable bonds is 3. The number of Topliss-reactive ketones (excluding diaryl/α,β-unsaturated/α-hetero) is 1. The molecule has 0 atom stereocenters. The number of benzene rings is 1. The Morgan fingerprint density at radius 3 is 2.71 bits per heavy atom. The third-order valence-electron chi connectivity index (χ3n) is 2.84. The van der Waals surface area contributed by atoms with E-state index in [0.29, 0.717) is 11.6 Å². The minimum absolute atomic E-state index is 0.317. The number of carbonyl (C=O) groups excluding carboxylic acids is 1. The maximum atomic E-state index is 11.3. The van der Waals surface area contributed by atoms with E-state index in [4.69, 9.17) is 5.11 Å². The van der Waals surface area contributed by atoms with E-state index in [-0.39, 0.29) is 5.78 Å². The Labute approximate surface area is 100 Å². The molecule has 17 heavy (non-hydrogen) atoms. The van der Waals surface area contributed by atoms with Crippen LogP contribution in [-0.4, -0.2) is 22.5 Å². The van der Waals surface area contributed by atoms with Crippen molar-refractivity contribution >= 4 is 16.6 Å². The van der Waals surface area contributed by atoms with Gasteiger partial charge in [0.15, 0.2) is 0 Å². The highest BCUT2D eigenvalue weighted by Gasteiger charge is 2.07. The van der Waals surface area contributed by atoms with Crippen LogP contribution in [0.2, 0.25) is 0 Å². The van der Waals surface area contributed by atoms with Gasteiger partial charge in [-0.1, -0.05) is 26.0 Å². The highest BCUT2D eigenvalue weighted by atomic mass is 16.3. The van der Waals surface area contributed by atoms with E-state index in [9.17, 15) is 4.79 Å². The fraction of sp³-hybridized carbons (Fsp3) is 0.286. The van der Waals surface area contributed by atoms with Gasteiger partial charge < -0.3 is 5.11 Å². The van der Waals surface area contributed by atoms with Crippen molar-refractivity contribution in [2.24, 2.45) is 0 Å². The average molecular weight is 229 g/mol. The van der Waals surface area contributed by atoms with Crippen molar-refractivity contribution < 1.29 is 9.90 Å². The molecule has 0 aliphatic carbocycles. The Morgan fingerprint density at radius 1 is 1.29 bits per heavy atom. The molecule has 0 aliphatic rings. The van der Waals surface area contributed by atoms with Crippen LogP contribution >= 0.6 is 0 Å². The summed E-state index contributed by atoms with van der Waals surface area (Å²) in [6, 6.07) is 7.85. The number of nitrogens with zero attached hydrogens (tertiary/aromatic N) is 1. The van der Waals surface area contributed by atoms with Crippen LogP contribution in [0.1, 0.15) is 35.8 Å². The van der Waals surface area contributed by atoms with Crippen LogP contribution in [0.25, 0.3) is 10.8 Å². The summed E-state index contributed by atoms with van der Waals surface area (Å²) in [7, 11) is 0. The van der Waals surface area contributed by atoms with Crippen LogP contribution in [0.4, 0.5) is 0 Å². The van der Waals surface area contributed by atoms with Crippen molar-refractivity contribution in [3.8, 4) is 0 Å². The maximum Gasteiger partial charge on any atom is 0.206 e. The number of fused-ring (bicyclic) bond motifs is 1. The predicted octanol–water partition coefficient (Wildman–Crippen LogP) is 2.53. The van der Waals surface area contributed by atoms with Crippen LogP contribution in [0.5, 0.6) is 0 Å². The number of aliphatic hydroxyl groups is 1. The van der Waals surface area contributed by atoms with Crippen molar-refractivity contribution in [2.75, 3.05) is 6.61 Å². The SMILES string of the molecule is CC(C)c1ccc2cc(C(=O)CO)ncc2c1. The quantitative estimate of drug-likeness (QED) is 0.823. The summed E-state index contributed by atoms with van der Waals surface area (Å²) in [4.78, 5) is 15.4. The van der Waals surface area contributed by atoms with Crippen molar-refractivity contribution in [3.63, 3.8) is 0 Å². The second-order valence-electron chi connectivity index (χ2n) is 4.41. The van der Waals surface area contributed by atoms with Crippen LogP contribution in [-0.2, 0) is 0 Å². The van der Waals surface area contributed by atoms with Crippen LogP contribution < -0.4 is 0 Å². The van der Waals surface area contributed by atoms with E-state index in [0.717, 1.165) is 10.8 Å². The lowest BCUT2D eigenvalue weighted by Crippen LogP contribution is -2.06. The Kier molecular flexibility index (Phi) is 3.20. The Hall–Kier alpha value is -1.74. The zero-order chi connectivity index (χ0) is 12.4. The maximum absolute atomic E-state index is 11.3. The summed E-state index contributed by atoms with van der Waals surface area (Å²) < 4.78 is 0. The summed E-state index contributed by atoms with van der Waals surface area (Å²) in [5.74, 6) is 0.123. The largest absolute Gasteiger partial charge is 0.388 e. The number of pyridine rings is 1. The second kappa shape index (κ2) is 4.63. The number of carbonyl (C=O) groups is 1. The third kappa shape index (κ3) is 2.34. The molecule has 2 aromatic rings. The van der Waals surface area contributed by atoms with Crippen molar-refractivity contribution in [3.05, 3.63) is 41.7 Å². The van der Waals surface area contributed by atoms with E-state index in [1.807, 2.05) is 6.07 Å². The Balaban J connectivity index is 2.50. The predicted molar refractivity (Wildman–Crippen MR) is 67.2 cm³/mol. The number of ketones is 1. The van der Waals surface area contributed by atoms with Gasteiger partial charge in [0, 0.05) is 11.6 Å². The number of hydrogen-bond donors (Lipinski definition) is 1. The Morgan fingerprint density at radius 2 is 2.06 bits per heavy atom. The molecule has 0 radical (unpaired) electrons. The molecular weight excluding hydrogens is 214 g/mol. The highest BCUT2D eigenvalue weighted by Crippen LogP contribution is 2.21. The van der Waals surface area contributed by atoms with Crippen molar-refractivity contribution in [2.45, 2.75) is 19.8 Å². The fourth-order valence-corrected chi connectivity index (χ4v) is 1.75. The molecule has 0 saturated carbocycles. The first-order valence-electron chi connectivity index (χ1n) is 5.65. The van der Waals surface area contributed by atoms with Gasteiger partial charge in [-0.2, -0.15) is 0 Å². The molecular formula is C14H15NO2. The topological polar surface area (TPSA) is 50.2 Å². The lowest BCUT2D eigenvalue weighted by molar-refractivity contribution is 0.0899. The minimum Gasteiger partial charge on any atom is -0.388 e. The molecule has 2 rings (SSSR count). The van der Waals surface area contributed by atoms with Gasteiger partial charge in [-0.05, 0) is 29.0 Å². The third-order valence-corrected chi connectivity index (χ3v) is 2.84. The molecule has 3 nitrogen and oxygen atoms in total. The van der Waals surface area contributed by atoms with Gasteiger partial charge in [-0.3, -0.25) is 9.78 Å². The van der Waals surface area contributed by atoms with Gasteiger partial charge in [0.1, 0.15) is 12.3 Å². The van der Waals surface area contributed by atoms with Crippen LogP contribution in [0, 0.1) is 0 Å². The molecule has 0 fully saturated rings. The molecule has 0 spiro atoms. The monoisotopic (exact) mass is 229 g/mol. The molecule has 1 aromatic heterocycles. The first kappa shape index (κ1) is 11.7. The zero-order valence-electron chi connectivity index (χ0n) is 9.97. The molecule has 0 saturated heterocycles. The summed E-state index contributed by atoms with van der Waals surface area (Å²) in [6.45, 7) is 3.78. The molecule has 3 heteroatoms. The van der Waals surface area contributed by atoms with E-state index in [2.05, 4.69) is 31.0 Å². The smallest absolute Gasteiger partial charge is 0.206 e. The van der Waals surface area contributed by atoms with E-state index < -0.39 is 6.61 Å². The highest BCUT2D eigenvalue weighted by molar-refractivity contribution is 5.98. The molecule has 0 aliphatic heterocycles. The standard InChI is InChI=1S/C14H15NO2/c1-9(2)10-3-4-11-6-13(14(17)8-16)15-7-12(11)5-10/h3-7,9,16H,8H2,1-2H3. The van der Waals surface area contributed by atoms with Crippen LogP contribution in [0.15, 0.2) is 30.5 Å². The molecule has 1 N–H and O–H groups in total. The molecule has 1 heterocycles. The van der Waals surface area contributed by atoms with Gasteiger partial charge >= 0.3 is 0 Å². The first-order chi connectivity index (χ1) is 8.11. The molecule has 1 aromatic carbocycles. The van der Waals surface area contributed by atoms with Gasteiger partial charge in [0.2, 0.25) is 5.78 Å². The number of hydrogen-bond acceptors (Lipinski definition) is 3. The lowest BCUT2D eigenvalue weighted by atomic mass is 10.00. The van der Waals surface area contributed by atoms with E-state index >= 15 is 0 Å². The second-order valence-corrected chi connectivity index (χ2v) is 4.41. The van der Waals surface area contributed by atoms with E-state index in [1.54, 1.807) is 12.3 Å². The van der Waals surface area contributed by atoms with Gasteiger partial charge in [0.25, 0.3) is 0 Å². The molecule has 0 amide bonds. The zero-order valence-corrected chi connectivity index (χ0v) is 9.97. The molecule has 0 bridgehead atoms. The average Bonchev–Trinajstić information content (AvgIpc) is 2.36. The van der Waals surface area contributed by atoms with E-state index in [1.165, 1.54) is 5.56 Å². The van der Waals surface area contributed by atoms with Gasteiger partial charge in [-0.25, -0.2) is 0 Å². The molecule has 0 unspecified atom stereocenters. The fourth-order valence-electron chi connectivity index (χ4n) is 1.75. The first-order valence-corrected chi connectivity index (χ1v) is 5.65. The minimum atomic E-state index is -0.497. The number of aliphatic hydroxyl groups excluding tert-OH is 1. The Bertz CT molecular complexity index is 561. The van der Waals surface area contributed by atoms with Gasteiger partial charge in [0.05, 0.1) is 0 Å². The van der Waals surface area contributed by atoms with Crippen LogP contribution in [0.3, 0.4) is 0 Å². The van der Waals surface area contributed by atoms with Crippen molar-refractivity contribution in [1.82, 2.24) is 4.98 Å². The van der Waals surface area contributed by atoms with Crippen molar-refractivity contribution in [1.29, 1.82) is 0 Å². The summed E-state index contributed by atoms with van der Waals surface area (Å²) in [5, 5.41) is 10.8. The lowest BCUT2D eigenvalue weighted by Gasteiger charge is -2.07. The molecule has 88 valence electrons. The normalized spacial score (nSPS) is 11.1.